The average Bonchev–Trinajstić information content (AvgIpc) is 2.38. The van der Waals surface area contributed by atoms with Crippen molar-refractivity contribution in [3.05, 3.63) is 35.9 Å². The highest BCUT2D eigenvalue weighted by atomic mass is 16.1. The quantitative estimate of drug-likeness (QED) is 0.624. The first kappa shape index (κ1) is 13.9. The molecule has 0 amide bonds. The number of allylic oxidation sites excluding steroid dienone is 1. The lowest BCUT2D eigenvalue weighted by Gasteiger charge is -1.98. The number of hydrogen-bond donors (Lipinski definition) is 1. The highest BCUT2D eigenvalue weighted by Crippen LogP contribution is 2.09. The van der Waals surface area contributed by atoms with E-state index in [9.17, 15) is 4.79 Å². The Morgan fingerprint density at radius 2 is 1.88 bits per heavy atom. The predicted octanol–water partition coefficient (Wildman–Crippen LogP) is 2.86. The van der Waals surface area contributed by atoms with Crippen LogP contribution < -0.4 is 5.32 Å². The number of carbonyl (C=O) groups excluding carboxylic acids is 1. The highest BCUT2D eigenvalue weighted by molar-refractivity contribution is 6.04. The van der Waals surface area contributed by atoms with Crippen molar-refractivity contribution in [2.45, 2.75) is 13.8 Å². The Morgan fingerprint density at radius 1 is 1.31 bits per heavy atom. The van der Waals surface area contributed by atoms with Crippen LogP contribution in [0.25, 0.3) is 6.08 Å². The molecule has 0 bridgehead atoms. The van der Waals surface area contributed by atoms with Gasteiger partial charge in [0.25, 0.3) is 5.78 Å². The van der Waals surface area contributed by atoms with Crippen LogP contribution in [0.2, 0.25) is 0 Å². The van der Waals surface area contributed by atoms with E-state index in [1.807, 2.05) is 45.2 Å². The molecule has 0 aliphatic heterocycles. The first-order chi connectivity index (χ1) is 7.76. The second-order valence-corrected chi connectivity index (χ2v) is 2.68. The van der Waals surface area contributed by atoms with Gasteiger partial charge in [0.2, 0.25) is 0 Å². The fourth-order valence-electron chi connectivity index (χ4n) is 0.970. The highest BCUT2D eigenvalue weighted by Gasteiger charge is 1.91. The number of nitriles is 1. The van der Waals surface area contributed by atoms with Crippen LogP contribution in [0.15, 0.2) is 30.3 Å². The minimum absolute atomic E-state index is 0.539. The zero-order chi connectivity index (χ0) is 12.4. The Balaban J connectivity index is 0.00000106. The summed E-state index contributed by atoms with van der Waals surface area (Å²) in [4.78, 5) is 10.6. The summed E-state index contributed by atoms with van der Waals surface area (Å²) in [7, 11) is 1.84. The third kappa shape index (κ3) is 4.97. The van der Waals surface area contributed by atoms with Crippen LogP contribution in [-0.2, 0) is 4.79 Å². The largest absolute Gasteiger partial charge is 0.388 e. The summed E-state index contributed by atoms with van der Waals surface area (Å²) in [6.45, 7) is 4.00. The van der Waals surface area contributed by atoms with Gasteiger partial charge in [0.1, 0.15) is 6.07 Å². The van der Waals surface area contributed by atoms with Gasteiger partial charge in [-0.05, 0) is 23.8 Å². The van der Waals surface area contributed by atoms with E-state index < -0.39 is 5.78 Å². The second kappa shape index (κ2) is 8.25. The van der Waals surface area contributed by atoms with Crippen molar-refractivity contribution in [3.63, 3.8) is 0 Å². The number of ketones is 1. The maximum Gasteiger partial charge on any atom is 0.255 e. The number of hydrogen-bond acceptors (Lipinski definition) is 3. The molecule has 1 N–H and O–H groups in total. The smallest absolute Gasteiger partial charge is 0.255 e. The van der Waals surface area contributed by atoms with E-state index in [4.69, 9.17) is 5.26 Å². The van der Waals surface area contributed by atoms with Gasteiger partial charge in [-0.15, -0.1) is 0 Å². The summed E-state index contributed by atoms with van der Waals surface area (Å²) in [6.07, 6.45) is 2.87. The Labute approximate surface area is 96.4 Å². The fourth-order valence-corrected chi connectivity index (χ4v) is 0.970. The predicted molar refractivity (Wildman–Crippen MR) is 67.0 cm³/mol. The van der Waals surface area contributed by atoms with Crippen molar-refractivity contribution in [2.24, 2.45) is 0 Å². The third-order valence-corrected chi connectivity index (χ3v) is 1.74. The molecule has 0 unspecified atom stereocenters. The van der Waals surface area contributed by atoms with E-state index in [0.29, 0.717) is 0 Å². The maximum absolute atomic E-state index is 10.6. The molecule has 1 aromatic rings. The molecule has 0 heterocycles. The summed E-state index contributed by atoms with van der Waals surface area (Å²) in [5.74, 6) is -0.539. The first-order valence-corrected chi connectivity index (χ1v) is 5.16. The van der Waals surface area contributed by atoms with Crippen molar-refractivity contribution in [2.75, 3.05) is 12.4 Å². The summed E-state index contributed by atoms with van der Waals surface area (Å²) in [5, 5.41) is 11.2. The van der Waals surface area contributed by atoms with E-state index in [2.05, 4.69) is 5.32 Å². The van der Waals surface area contributed by atoms with Crippen molar-refractivity contribution >= 4 is 17.5 Å². The van der Waals surface area contributed by atoms with Crippen LogP contribution in [-0.4, -0.2) is 12.8 Å². The van der Waals surface area contributed by atoms with Gasteiger partial charge in [-0.25, -0.2) is 0 Å². The zero-order valence-corrected chi connectivity index (χ0v) is 9.82. The number of nitrogens with zero attached hydrogens (tertiary/aromatic N) is 1. The van der Waals surface area contributed by atoms with Gasteiger partial charge in [-0.2, -0.15) is 5.26 Å². The molecule has 0 fully saturated rings. The van der Waals surface area contributed by atoms with E-state index in [-0.39, 0.29) is 0 Å². The third-order valence-electron chi connectivity index (χ3n) is 1.74. The van der Waals surface area contributed by atoms with Crippen molar-refractivity contribution in [1.82, 2.24) is 0 Å². The molecule has 0 radical (unpaired) electrons. The van der Waals surface area contributed by atoms with Gasteiger partial charge in [-0.1, -0.05) is 32.1 Å². The van der Waals surface area contributed by atoms with Gasteiger partial charge < -0.3 is 5.32 Å². The Hall–Kier alpha value is -2.08. The second-order valence-electron chi connectivity index (χ2n) is 2.68. The first-order valence-electron chi connectivity index (χ1n) is 5.16. The minimum atomic E-state index is -0.539. The zero-order valence-electron chi connectivity index (χ0n) is 9.82. The normalized spacial score (nSPS) is 8.88. The number of benzene rings is 1. The summed E-state index contributed by atoms with van der Waals surface area (Å²) in [6, 6.07) is 9.05. The molecule has 0 saturated carbocycles. The molecular formula is C13H16N2O. The number of nitrogens with one attached hydrogen (secondary N) is 1. The minimum Gasteiger partial charge on any atom is -0.388 e. The monoisotopic (exact) mass is 216 g/mol. The van der Waals surface area contributed by atoms with Crippen molar-refractivity contribution < 1.29 is 4.79 Å². The summed E-state index contributed by atoms with van der Waals surface area (Å²) in [5.41, 5.74) is 1.90. The molecular weight excluding hydrogens is 200 g/mol. The number of anilines is 1. The van der Waals surface area contributed by atoms with Crippen LogP contribution in [0.4, 0.5) is 5.69 Å². The average molecular weight is 216 g/mol. The molecule has 3 nitrogen and oxygen atoms in total. The Kier molecular flexibility index (Phi) is 7.17. The Bertz CT molecular complexity index is 385. The van der Waals surface area contributed by atoms with Gasteiger partial charge in [0.15, 0.2) is 0 Å². The summed E-state index contributed by atoms with van der Waals surface area (Å²) < 4.78 is 0. The molecule has 0 atom stereocenters. The molecule has 0 aliphatic rings. The molecule has 16 heavy (non-hydrogen) atoms. The van der Waals surface area contributed by atoms with E-state index in [1.165, 1.54) is 12.1 Å². The van der Waals surface area contributed by atoms with Gasteiger partial charge in [-0.3, -0.25) is 4.79 Å². The van der Waals surface area contributed by atoms with Crippen LogP contribution in [0.5, 0.6) is 0 Å². The van der Waals surface area contributed by atoms with E-state index in [1.54, 1.807) is 6.08 Å². The van der Waals surface area contributed by atoms with E-state index >= 15 is 0 Å². The van der Waals surface area contributed by atoms with Crippen LogP contribution in [0.3, 0.4) is 0 Å². The van der Waals surface area contributed by atoms with Gasteiger partial charge >= 0.3 is 0 Å². The van der Waals surface area contributed by atoms with Crippen LogP contribution >= 0.6 is 0 Å². The maximum atomic E-state index is 10.6. The molecule has 1 rings (SSSR count). The lowest BCUT2D eigenvalue weighted by Crippen LogP contribution is -1.87. The lowest BCUT2D eigenvalue weighted by atomic mass is 10.2. The molecule has 0 spiro atoms. The molecule has 84 valence electrons. The lowest BCUT2D eigenvalue weighted by molar-refractivity contribution is -0.109. The fraction of sp³-hybridized carbons (Fsp3) is 0.231. The Morgan fingerprint density at radius 3 is 2.31 bits per heavy atom. The number of carbonyl (C=O) groups is 1. The van der Waals surface area contributed by atoms with Gasteiger partial charge in [0.05, 0.1) is 0 Å². The standard InChI is InChI=1S/C11H10N2O.C2H6/c1-13-10-5-2-9(3-6-10)4-7-11(14)8-12;1-2/h2-7,13H,1H3;1-2H3/b7-4+;. The van der Waals surface area contributed by atoms with Gasteiger partial charge in [0, 0.05) is 12.7 Å². The molecule has 0 aliphatic carbocycles. The summed E-state index contributed by atoms with van der Waals surface area (Å²) >= 11 is 0. The number of rotatable bonds is 3. The molecule has 3 heteroatoms. The van der Waals surface area contributed by atoms with E-state index in [0.717, 1.165) is 11.3 Å². The van der Waals surface area contributed by atoms with Crippen LogP contribution in [0, 0.1) is 11.3 Å². The van der Waals surface area contributed by atoms with Crippen molar-refractivity contribution in [3.8, 4) is 6.07 Å². The molecule has 0 saturated heterocycles. The van der Waals surface area contributed by atoms with Crippen LogP contribution in [0.1, 0.15) is 19.4 Å². The SMILES string of the molecule is CC.CNc1ccc(/C=C/C(=O)C#N)cc1. The topological polar surface area (TPSA) is 52.9 Å². The molecule has 0 aromatic heterocycles. The van der Waals surface area contributed by atoms with Crippen molar-refractivity contribution in [1.29, 1.82) is 5.26 Å². The molecule has 1 aromatic carbocycles.